The minimum absolute atomic E-state index is 0.146. The van der Waals surface area contributed by atoms with Crippen molar-refractivity contribution in [3.8, 4) is 17.2 Å². The molecule has 6 nitrogen and oxygen atoms in total. The molecule has 1 saturated heterocycles. The Balaban J connectivity index is 1.40. The van der Waals surface area contributed by atoms with Crippen LogP contribution < -0.4 is 14.2 Å². The van der Waals surface area contributed by atoms with Crippen LogP contribution in [0.5, 0.6) is 17.2 Å². The number of hydrogen-bond donors (Lipinski definition) is 0. The topological polar surface area (TPSA) is 51.2 Å². The third-order valence-electron chi connectivity index (χ3n) is 6.18. The maximum absolute atomic E-state index is 13.0. The lowest BCUT2D eigenvalue weighted by molar-refractivity contribution is 0.0627. The number of nitrogens with zero attached hydrogens (tertiary/aromatic N) is 2. The summed E-state index contributed by atoms with van der Waals surface area (Å²) >= 11 is 0. The number of piperazine rings is 1. The van der Waals surface area contributed by atoms with Crippen molar-refractivity contribution in [3.63, 3.8) is 0 Å². The summed E-state index contributed by atoms with van der Waals surface area (Å²) in [6, 6.07) is 10.2. The highest BCUT2D eigenvalue weighted by atomic mass is 16.5. The van der Waals surface area contributed by atoms with Crippen LogP contribution in [-0.2, 0) is 19.4 Å². The van der Waals surface area contributed by atoms with Crippen molar-refractivity contribution < 1.29 is 19.0 Å². The highest BCUT2D eigenvalue weighted by Gasteiger charge is 2.25. The first kappa shape index (κ1) is 20.5. The van der Waals surface area contributed by atoms with E-state index in [-0.39, 0.29) is 5.91 Å². The second-order valence-electron chi connectivity index (χ2n) is 7.90. The van der Waals surface area contributed by atoms with Gasteiger partial charge in [-0.15, -0.1) is 0 Å². The van der Waals surface area contributed by atoms with Crippen LogP contribution in [0.1, 0.15) is 33.5 Å². The van der Waals surface area contributed by atoms with Gasteiger partial charge in [0.2, 0.25) is 5.75 Å². The van der Waals surface area contributed by atoms with E-state index in [0.717, 1.165) is 56.7 Å². The van der Waals surface area contributed by atoms with Crippen LogP contribution in [0.2, 0.25) is 0 Å². The number of hydrogen-bond acceptors (Lipinski definition) is 5. The standard InChI is InChI=1S/C24H30N2O4/c1-28-21-10-9-20(22(29-2)23(21)30-3)16-25-11-13-26(14-12-25)24(27)19-8-7-17-5-4-6-18(17)15-19/h7-10,15H,4-6,11-14,16H2,1-3H3. The smallest absolute Gasteiger partial charge is 0.253 e. The van der Waals surface area contributed by atoms with Gasteiger partial charge in [0.05, 0.1) is 21.3 Å². The summed E-state index contributed by atoms with van der Waals surface area (Å²) in [6.45, 7) is 3.85. The van der Waals surface area contributed by atoms with Crippen molar-refractivity contribution in [3.05, 3.63) is 52.6 Å². The van der Waals surface area contributed by atoms with Gasteiger partial charge in [0.15, 0.2) is 11.5 Å². The molecule has 160 valence electrons. The van der Waals surface area contributed by atoms with Gasteiger partial charge in [-0.3, -0.25) is 9.69 Å². The van der Waals surface area contributed by atoms with Gasteiger partial charge >= 0.3 is 0 Å². The van der Waals surface area contributed by atoms with Gasteiger partial charge in [-0.25, -0.2) is 0 Å². The minimum Gasteiger partial charge on any atom is -0.493 e. The van der Waals surface area contributed by atoms with Crippen LogP contribution in [-0.4, -0.2) is 63.2 Å². The third-order valence-corrected chi connectivity index (χ3v) is 6.18. The van der Waals surface area contributed by atoms with Gasteiger partial charge in [0.25, 0.3) is 5.91 Å². The van der Waals surface area contributed by atoms with E-state index in [0.29, 0.717) is 17.2 Å². The Labute approximate surface area is 178 Å². The van der Waals surface area contributed by atoms with Crippen molar-refractivity contribution in [2.24, 2.45) is 0 Å². The highest BCUT2D eigenvalue weighted by Crippen LogP contribution is 2.40. The summed E-state index contributed by atoms with van der Waals surface area (Å²) in [5, 5.41) is 0. The quantitative estimate of drug-likeness (QED) is 0.732. The molecule has 0 aromatic heterocycles. The van der Waals surface area contributed by atoms with Crippen molar-refractivity contribution >= 4 is 5.91 Å². The van der Waals surface area contributed by atoms with Crippen molar-refractivity contribution in [2.75, 3.05) is 47.5 Å². The van der Waals surface area contributed by atoms with E-state index in [1.807, 2.05) is 23.1 Å². The highest BCUT2D eigenvalue weighted by molar-refractivity contribution is 5.94. The Kier molecular flexibility index (Phi) is 6.13. The van der Waals surface area contributed by atoms with E-state index < -0.39 is 0 Å². The molecule has 2 aromatic rings. The van der Waals surface area contributed by atoms with Crippen molar-refractivity contribution in [2.45, 2.75) is 25.8 Å². The zero-order chi connectivity index (χ0) is 21.1. The number of benzene rings is 2. The maximum Gasteiger partial charge on any atom is 0.253 e. The van der Waals surface area contributed by atoms with E-state index in [1.165, 1.54) is 17.5 Å². The van der Waals surface area contributed by atoms with Crippen LogP contribution in [0.25, 0.3) is 0 Å². The molecular weight excluding hydrogens is 380 g/mol. The van der Waals surface area contributed by atoms with Gasteiger partial charge in [-0.1, -0.05) is 12.1 Å². The SMILES string of the molecule is COc1ccc(CN2CCN(C(=O)c3ccc4c(c3)CCC4)CC2)c(OC)c1OC. The fraction of sp³-hybridized carbons (Fsp3) is 0.458. The van der Waals surface area contributed by atoms with Crippen molar-refractivity contribution in [1.82, 2.24) is 9.80 Å². The van der Waals surface area contributed by atoms with Gasteiger partial charge < -0.3 is 19.1 Å². The first-order chi connectivity index (χ1) is 14.6. The first-order valence-electron chi connectivity index (χ1n) is 10.6. The molecule has 1 aliphatic heterocycles. The van der Waals surface area contributed by atoms with Gasteiger partial charge in [0, 0.05) is 43.9 Å². The lowest BCUT2D eigenvalue weighted by Gasteiger charge is -2.35. The molecule has 30 heavy (non-hydrogen) atoms. The fourth-order valence-electron chi connectivity index (χ4n) is 4.53. The molecule has 1 aliphatic carbocycles. The van der Waals surface area contributed by atoms with E-state index in [1.54, 1.807) is 21.3 Å². The lowest BCUT2D eigenvalue weighted by Crippen LogP contribution is -2.48. The second kappa shape index (κ2) is 8.96. The third kappa shape index (κ3) is 3.97. The molecule has 0 bridgehead atoms. The van der Waals surface area contributed by atoms with E-state index in [2.05, 4.69) is 17.0 Å². The van der Waals surface area contributed by atoms with Crippen LogP contribution in [0, 0.1) is 0 Å². The molecule has 1 heterocycles. The van der Waals surface area contributed by atoms with Crippen LogP contribution >= 0.6 is 0 Å². The predicted octanol–water partition coefficient (Wildman–Crippen LogP) is 3.16. The summed E-state index contributed by atoms with van der Waals surface area (Å²) in [7, 11) is 4.88. The van der Waals surface area contributed by atoms with Gasteiger partial charge in [-0.2, -0.15) is 0 Å². The number of carbonyl (C=O) groups is 1. The molecule has 2 aromatic carbocycles. The zero-order valence-corrected chi connectivity index (χ0v) is 18.1. The summed E-state index contributed by atoms with van der Waals surface area (Å²) in [4.78, 5) is 17.3. The van der Waals surface area contributed by atoms with Crippen LogP contribution in [0.3, 0.4) is 0 Å². The molecule has 1 amide bonds. The Morgan fingerprint density at radius 2 is 1.60 bits per heavy atom. The van der Waals surface area contributed by atoms with E-state index in [9.17, 15) is 4.79 Å². The minimum atomic E-state index is 0.146. The first-order valence-corrected chi connectivity index (χ1v) is 10.6. The normalized spacial score (nSPS) is 16.3. The molecule has 0 spiro atoms. The average Bonchev–Trinajstić information content (AvgIpc) is 3.26. The molecule has 0 radical (unpaired) electrons. The molecule has 2 aliphatic rings. The Hall–Kier alpha value is -2.73. The molecule has 6 heteroatoms. The lowest BCUT2D eigenvalue weighted by atomic mass is 10.1. The second-order valence-corrected chi connectivity index (χ2v) is 7.90. The summed E-state index contributed by atoms with van der Waals surface area (Å²) < 4.78 is 16.5. The van der Waals surface area contributed by atoms with E-state index >= 15 is 0 Å². The number of ether oxygens (including phenoxy) is 3. The largest absolute Gasteiger partial charge is 0.493 e. The molecular formula is C24H30N2O4. The molecule has 0 saturated carbocycles. The number of aryl methyl sites for hydroxylation is 2. The number of rotatable bonds is 6. The summed E-state index contributed by atoms with van der Waals surface area (Å²) in [5.41, 5.74) is 4.62. The maximum atomic E-state index is 13.0. The summed E-state index contributed by atoms with van der Waals surface area (Å²) in [6.07, 6.45) is 3.44. The number of fused-ring (bicyclic) bond motifs is 1. The van der Waals surface area contributed by atoms with Gasteiger partial charge in [0.1, 0.15) is 0 Å². The molecule has 0 N–H and O–H groups in total. The molecule has 0 unspecified atom stereocenters. The average molecular weight is 411 g/mol. The van der Waals surface area contributed by atoms with E-state index in [4.69, 9.17) is 14.2 Å². The Morgan fingerprint density at radius 3 is 2.30 bits per heavy atom. The molecule has 1 fully saturated rings. The zero-order valence-electron chi connectivity index (χ0n) is 18.1. The fourth-order valence-corrected chi connectivity index (χ4v) is 4.53. The molecule has 0 atom stereocenters. The van der Waals surface area contributed by atoms with Crippen LogP contribution in [0.4, 0.5) is 0 Å². The number of methoxy groups -OCH3 is 3. The Bertz CT molecular complexity index is 920. The molecule has 4 rings (SSSR count). The monoisotopic (exact) mass is 410 g/mol. The van der Waals surface area contributed by atoms with Crippen molar-refractivity contribution in [1.29, 1.82) is 0 Å². The number of amides is 1. The number of carbonyl (C=O) groups excluding carboxylic acids is 1. The predicted molar refractivity (Wildman–Crippen MR) is 116 cm³/mol. The van der Waals surface area contributed by atoms with Crippen LogP contribution in [0.15, 0.2) is 30.3 Å². The van der Waals surface area contributed by atoms with Gasteiger partial charge in [-0.05, 0) is 48.6 Å². The Morgan fingerprint density at radius 1 is 0.867 bits per heavy atom. The summed E-state index contributed by atoms with van der Waals surface area (Å²) in [5.74, 6) is 2.12.